The molecule has 3 amide bonds. The molecular weight excluding hydrogens is 318 g/mol. The van der Waals surface area contributed by atoms with Gasteiger partial charge in [-0.05, 0) is 23.6 Å². The van der Waals surface area contributed by atoms with Gasteiger partial charge in [-0.3, -0.25) is 15.1 Å². The van der Waals surface area contributed by atoms with E-state index in [4.69, 9.17) is 0 Å². The van der Waals surface area contributed by atoms with Crippen LogP contribution in [0.5, 0.6) is 0 Å². The molecule has 2 aromatic rings. The normalized spacial score (nSPS) is 15.9. The predicted octanol–water partition coefficient (Wildman–Crippen LogP) is 2.56. The zero-order valence-electron chi connectivity index (χ0n) is 14.3. The van der Waals surface area contributed by atoms with Gasteiger partial charge in [-0.25, -0.2) is 9.78 Å². The average molecular weight is 339 g/mol. The van der Waals surface area contributed by atoms with Gasteiger partial charge < -0.3 is 10.2 Å². The summed E-state index contributed by atoms with van der Waals surface area (Å²) in [4.78, 5) is 34.2. The van der Waals surface area contributed by atoms with E-state index in [1.54, 1.807) is 29.4 Å². The predicted molar refractivity (Wildman–Crippen MR) is 95.1 cm³/mol. The number of nitrogens with one attached hydrogen (secondary N) is 2. The molecule has 0 bridgehead atoms. The van der Waals surface area contributed by atoms with Crippen molar-refractivity contribution in [2.24, 2.45) is 5.41 Å². The Morgan fingerprint density at radius 1 is 1.24 bits per heavy atom. The van der Waals surface area contributed by atoms with Gasteiger partial charge in [0.2, 0.25) is 5.91 Å². The first-order valence-corrected chi connectivity index (χ1v) is 8.14. The molecule has 0 radical (unpaired) electrons. The number of carbonyl (C=O) groups excluding carboxylic acids is 2. The number of carbonyl (C=O) groups is 2. The van der Waals surface area contributed by atoms with Crippen LogP contribution in [0.1, 0.15) is 26.0 Å². The third kappa shape index (κ3) is 4.32. The highest BCUT2D eigenvalue weighted by Crippen LogP contribution is 2.33. The Morgan fingerprint density at radius 3 is 2.76 bits per heavy atom. The van der Waals surface area contributed by atoms with E-state index >= 15 is 0 Å². The van der Waals surface area contributed by atoms with Crippen LogP contribution in [-0.2, 0) is 11.3 Å². The van der Waals surface area contributed by atoms with Gasteiger partial charge in [0.1, 0.15) is 5.82 Å². The molecule has 7 nitrogen and oxygen atoms in total. The minimum atomic E-state index is -0.372. The smallest absolute Gasteiger partial charge is 0.320 e. The van der Waals surface area contributed by atoms with Crippen molar-refractivity contribution in [1.82, 2.24) is 15.3 Å². The summed E-state index contributed by atoms with van der Waals surface area (Å²) in [7, 11) is 0. The quantitative estimate of drug-likeness (QED) is 0.896. The van der Waals surface area contributed by atoms with E-state index in [-0.39, 0.29) is 17.4 Å². The maximum absolute atomic E-state index is 12.2. The van der Waals surface area contributed by atoms with Crippen molar-refractivity contribution in [2.45, 2.75) is 26.8 Å². The molecule has 1 saturated heterocycles. The van der Waals surface area contributed by atoms with E-state index in [1.165, 1.54) is 0 Å². The van der Waals surface area contributed by atoms with Gasteiger partial charge in [0.05, 0.1) is 12.2 Å². The Balaban J connectivity index is 1.62. The SMILES string of the molecule is CC1(C)CC(=O)N(c2ccnc(NC(=O)NCc3ccccn3)c2)C1. The summed E-state index contributed by atoms with van der Waals surface area (Å²) in [6.07, 6.45) is 3.78. The molecule has 3 heterocycles. The molecule has 1 fully saturated rings. The molecule has 0 atom stereocenters. The van der Waals surface area contributed by atoms with Crippen LogP contribution in [0, 0.1) is 5.41 Å². The largest absolute Gasteiger partial charge is 0.332 e. The molecule has 0 aliphatic carbocycles. The number of rotatable bonds is 4. The van der Waals surface area contributed by atoms with Crippen molar-refractivity contribution < 1.29 is 9.59 Å². The van der Waals surface area contributed by atoms with E-state index in [9.17, 15) is 9.59 Å². The molecule has 25 heavy (non-hydrogen) atoms. The van der Waals surface area contributed by atoms with Crippen molar-refractivity contribution >= 4 is 23.4 Å². The Labute approximate surface area is 146 Å². The number of nitrogens with zero attached hydrogens (tertiary/aromatic N) is 3. The molecule has 2 N–H and O–H groups in total. The van der Waals surface area contributed by atoms with Gasteiger partial charge in [-0.1, -0.05) is 19.9 Å². The van der Waals surface area contributed by atoms with Crippen molar-refractivity contribution in [1.29, 1.82) is 0 Å². The van der Waals surface area contributed by atoms with Crippen LogP contribution < -0.4 is 15.5 Å². The van der Waals surface area contributed by atoms with Gasteiger partial charge >= 0.3 is 6.03 Å². The van der Waals surface area contributed by atoms with Gasteiger partial charge in [-0.15, -0.1) is 0 Å². The number of anilines is 2. The summed E-state index contributed by atoms with van der Waals surface area (Å²) in [6.45, 7) is 5.11. The van der Waals surface area contributed by atoms with Crippen LogP contribution in [0.25, 0.3) is 0 Å². The molecule has 1 aliphatic heterocycles. The zero-order chi connectivity index (χ0) is 17.9. The molecule has 1 aliphatic rings. The third-order valence-electron chi connectivity index (χ3n) is 3.97. The monoisotopic (exact) mass is 339 g/mol. The van der Waals surface area contributed by atoms with Crippen molar-refractivity contribution in [3.05, 3.63) is 48.4 Å². The fourth-order valence-electron chi connectivity index (χ4n) is 2.80. The molecule has 0 saturated carbocycles. The molecule has 7 heteroatoms. The molecule has 2 aromatic heterocycles. The number of pyridine rings is 2. The van der Waals surface area contributed by atoms with Crippen molar-refractivity contribution in [3.8, 4) is 0 Å². The third-order valence-corrected chi connectivity index (χ3v) is 3.97. The lowest BCUT2D eigenvalue weighted by Crippen LogP contribution is -2.29. The van der Waals surface area contributed by atoms with Crippen LogP contribution in [-0.4, -0.2) is 28.5 Å². The van der Waals surface area contributed by atoms with Crippen LogP contribution >= 0.6 is 0 Å². The van der Waals surface area contributed by atoms with Crippen LogP contribution in [0.3, 0.4) is 0 Å². The second-order valence-electron chi connectivity index (χ2n) is 6.85. The molecule has 130 valence electrons. The highest BCUT2D eigenvalue weighted by atomic mass is 16.2. The Bertz CT molecular complexity index is 776. The standard InChI is InChI=1S/C18H21N5O2/c1-18(2)10-16(24)23(12-18)14-6-8-20-15(9-14)22-17(25)21-11-13-5-3-4-7-19-13/h3-9H,10-12H2,1-2H3,(H2,20,21,22,25). The van der Waals surface area contributed by atoms with Gasteiger partial charge in [-0.2, -0.15) is 0 Å². The fraction of sp³-hybridized carbons (Fsp3) is 0.333. The molecule has 0 aromatic carbocycles. The van der Waals surface area contributed by atoms with Gasteiger partial charge in [0, 0.05) is 37.1 Å². The number of amides is 3. The summed E-state index contributed by atoms with van der Waals surface area (Å²) < 4.78 is 0. The fourth-order valence-corrected chi connectivity index (χ4v) is 2.80. The summed E-state index contributed by atoms with van der Waals surface area (Å²) >= 11 is 0. The molecular formula is C18H21N5O2. The Morgan fingerprint density at radius 2 is 2.08 bits per heavy atom. The van der Waals surface area contributed by atoms with Crippen molar-refractivity contribution in [3.63, 3.8) is 0 Å². The maximum atomic E-state index is 12.2. The molecule has 0 unspecified atom stereocenters. The van der Waals surface area contributed by atoms with Gasteiger partial charge in [0.15, 0.2) is 0 Å². The summed E-state index contributed by atoms with van der Waals surface area (Å²) in [6, 6.07) is 8.63. The number of hydrogen-bond acceptors (Lipinski definition) is 4. The highest BCUT2D eigenvalue weighted by Gasteiger charge is 2.36. The summed E-state index contributed by atoms with van der Waals surface area (Å²) in [5.41, 5.74) is 1.46. The first-order chi connectivity index (χ1) is 11.9. The van der Waals surface area contributed by atoms with E-state index in [2.05, 4.69) is 34.4 Å². The lowest BCUT2D eigenvalue weighted by atomic mass is 9.93. The Hall–Kier alpha value is -2.96. The van der Waals surface area contributed by atoms with Crippen LogP contribution in [0.4, 0.5) is 16.3 Å². The van der Waals surface area contributed by atoms with E-state index < -0.39 is 0 Å². The minimum absolute atomic E-state index is 0.0476. The van der Waals surface area contributed by atoms with E-state index in [0.29, 0.717) is 25.3 Å². The first-order valence-electron chi connectivity index (χ1n) is 8.14. The van der Waals surface area contributed by atoms with E-state index in [0.717, 1.165) is 11.4 Å². The molecule has 0 spiro atoms. The average Bonchev–Trinajstić information content (AvgIpc) is 2.87. The van der Waals surface area contributed by atoms with Crippen LogP contribution in [0.2, 0.25) is 0 Å². The first kappa shape index (κ1) is 16.9. The lowest BCUT2D eigenvalue weighted by Gasteiger charge is -2.20. The molecule has 3 rings (SSSR count). The van der Waals surface area contributed by atoms with E-state index in [1.807, 2.05) is 18.2 Å². The Kier molecular flexibility index (Phi) is 4.65. The lowest BCUT2D eigenvalue weighted by molar-refractivity contribution is -0.117. The second-order valence-corrected chi connectivity index (χ2v) is 6.85. The number of aromatic nitrogens is 2. The number of hydrogen-bond donors (Lipinski definition) is 2. The topological polar surface area (TPSA) is 87.2 Å². The highest BCUT2D eigenvalue weighted by molar-refractivity contribution is 5.97. The summed E-state index contributed by atoms with van der Waals surface area (Å²) in [5.74, 6) is 0.482. The second kappa shape index (κ2) is 6.88. The number of urea groups is 1. The minimum Gasteiger partial charge on any atom is -0.332 e. The van der Waals surface area contributed by atoms with Crippen molar-refractivity contribution in [2.75, 3.05) is 16.8 Å². The van der Waals surface area contributed by atoms with Gasteiger partial charge in [0.25, 0.3) is 0 Å². The summed E-state index contributed by atoms with van der Waals surface area (Å²) in [5, 5.41) is 5.41. The van der Waals surface area contributed by atoms with Crippen LogP contribution in [0.15, 0.2) is 42.7 Å². The maximum Gasteiger partial charge on any atom is 0.320 e. The zero-order valence-corrected chi connectivity index (χ0v) is 14.3.